The van der Waals surface area contributed by atoms with Gasteiger partial charge >= 0.3 is 11.9 Å². The maximum Gasteiger partial charge on any atom is 0.345 e. The van der Waals surface area contributed by atoms with Gasteiger partial charge in [-0.25, -0.2) is 4.79 Å². The average molecular weight is 320 g/mol. The Kier molecular flexibility index (Phi) is 4.92. The predicted molar refractivity (Wildman–Crippen MR) is 84.8 cm³/mol. The Labute approximate surface area is 136 Å². The van der Waals surface area contributed by atoms with Crippen molar-refractivity contribution in [2.75, 3.05) is 6.61 Å². The van der Waals surface area contributed by atoms with Crippen molar-refractivity contribution in [1.29, 1.82) is 0 Å². The van der Waals surface area contributed by atoms with Crippen LogP contribution in [0.3, 0.4) is 0 Å². The van der Waals surface area contributed by atoms with Crippen molar-refractivity contribution < 1.29 is 23.8 Å². The SMILES string of the molecule is Cc1cc(C)c([C@H]2OC[C@@H](C(=O)OC(=O)C(C)(C)C)O2)c(C)c1. The quantitative estimate of drug-likeness (QED) is 0.619. The zero-order valence-corrected chi connectivity index (χ0v) is 14.6. The molecule has 1 aromatic rings. The van der Waals surface area contributed by atoms with Crippen LogP contribution in [-0.4, -0.2) is 24.6 Å². The number of esters is 2. The van der Waals surface area contributed by atoms with E-state index in [4.69, 9.17) is 14.2 Å². The van der Waals surface area contributed by atoms with Crippen LogP contribution >= 0.6 is 0 Å². The summed E-state index contributed by atoms with van der Waals surface area (Å²) in [6.45, 7) is 11.1. The van der Waals surface area contributed by atoms with Gasteiger partial charge in [-0.15, -0.1) is 0 Å². The van der Waals surface area contributed by atoms with Crippen molar-refractivity contribution in [2.24, 2.45) is 5.41 Å². The Balaban J connectivity index is 2.07. The fourth-order valence-corrected chi connectivity index (χ4v) is 2.55. The molecule has 0 unspecified atom stereocenters. The molecule has 2 atom stereocenters. The van der Waals surface area contributed by atoms with Gasteiger partial charge in [-0.3, -0.25) is 4.79 Å². The third kappa shape index (κ3) is 3.98. The summed E-state index contributed by atoms with van der Waals surface area (Å²) in [4.78, 5) is 23.8. The highest BCUT2D eigenvalue weighted by Crippen LogP contribution is 2.32. The molecule has 1 aromatic carbocycles. The van der Waals surface area contributed by atoms with Gasteiger partial charge in [0.1, 0.15) is 0 Å². The van der Waals surface area contributed by atoms with E-state index in [1.807, 2.05) is 32.9 Å². The van der Waals surface area contributed by atoms with E-state index in [-0.39, 0.29) is 6.61 Å². The molecule has 0 bridgehead atoms. The third-order valence-electron chi connectivity index (χ3n) is 3.73. The normalized spacial score (nSPS) is 21.3. The summed E-state index contributed by atoms with van der Waals surface area (Å²) in [6, 6.07) is 4.09. The summed E-state index contributed by atoms with van der Waals surface area (Å²) in [7, 11) is 0. The van der Waals surface area contributed by atoms with Gasteiger partial charge < -0.3 is 14.2 Å². The molecular formula is C18H24O5. The molecule has 0 saturated carbocycles. The number of aryl methyl sites for hydroxylation is 3. The summed E-state index contributed by atoms with van der Waals surface area (Å²) < 4.78 is 16.2. The minimum atomic E-state index is -0.883. The summed E-state index contributed by atoms with van der Waals surface area (Å²) in [6.07, 6.45) is -1.50. The zero-order chi connectivity index (χ0) is 17.4. The summed E-state index contributed by atoms with van der Waals surface area (Å²) >= 11 is 0. The van der Waals surface area contributed by atoms with Gasteiger partial charge in [0.05, 0.1) is 12.0 Å². The minimum absolute atomic E-state index is 0.0771. The van der Waals surface area contributed by atoms with E-state index in [0.717, 1.165) is 22.3 Å². The number of rotatable bonds is 2. The molecule has 2 rings (SSSR count). The maximum absolute atomic E-state index is 12.1. The van der Waals surface area contributed by atoms with Gasteiger partial charge in [0.2, 0.25) is 0 Å². The largest absolute Gasteiger partial charge is 0.391 e. The highest BCUT2D eigenvalue weighted by Gasteiger charge is 2.37. The number of ether oxygens (including phenoxy) is 3. The topological polar surface area (TPSA) is 61.8 Å². The second-order valence-electron chi connectivity index (χ2n) is 7.06. The fraction of sp³-hybridized carbons (Fsp3) is 0.556. The van der Waals surface area contributed by atoms with E-state index in [0.29, 0.717) is 0 Å². The zero-order valence-electron chi connectivity index (χ0n) is 14.6. The Morgan fingerprint density at radius 2 is 1.70 bits per heavy atom. The lowest BCUT2D eigenvalue weighted by atomic mass is 9.97. The number of hydrogen-bond donors (Lipinski definition) is 0. The molecule has 23 heavy (non-hydrogen) atoms. The highest BCUT2D eigenvalue weighted by atomic mass is 16.7. The molecule has 1 heterocycles. The van der Waals surface area contributed by atoms with Crippen LogP contribution in [0, 0.1) is 26.2 Å². The van der Waals surface area contributed by atoms with Crippen molar-refractivity contribution in [1.82, 2.24) is 0 Å². The van der Waals surface area contributed by atoms with Crippen molar-refractivity contribution >= 4 is 11.9 Å². The Morgan fingerprint density at radius 3 is 2.22 bits per heavy atom. The lowest BCUT2D eigenvalue weighted by Gasteiger charge is -2.18. The second-order valence-corrected chi connectivity index (χ2v) is 7.06. The Hall–Kier alpha value is -1.72. The molecule has 0 amide bonds. The number of benzene rings is 1. The summed E-state index contributed by atoms with van der Waals surface area (Å²) in [5.41, 5.74) is 3.44. The summed E-state index contributed by atoms with van der Waals surface area (Å²) in [5, 5.41) is 0. The van der Waals surface area contributed by atoms with E-state index in [1.54, 1.807) is 20.8 Å². The van der Waals surface area contributed by atoms with Gasteiger partial charge in [-0.2, -0.15) is 0 Å². The molecule has 1 saturated heterocycles. The van der Waals surface area contributed by atoms with Crippen LogP contribution in [0.15, 0.2) is 12.1 Å². The molecule has 0 aliphatic carbocycles. The monoisotopic (exact) mass is 320 g/mol. The number of carbonyl (C=O) groups is 2. The van der Waals surface area contributed by atoms with Crippen LogP contribution < -0.4 is 0 Å². The van der Waals surface area contributed by atoms with E-state index in [1.165, 1.54) is 0 Å². The van der Waals surface area contributed by atoms with Gasteiger partial charge in [0.25, 0.3) is 0 Å². The first-order valence-electron chi connectivity index (χ1n) is 7.70. The molecule has 5 nitrogen and oxygen atoms in total. The standard InChI is InChI=1S/C18H24O5/c1-10-7-11(2)14(12(3)8-10)16-21-9-13(22-16)15(19)23-17(20)18(4,5)6/h7-8,13,16H,9H2,1-6H3/t13-,16-/m0/s1. The average Bonchev–Trinajstić information content (AvgIpc) is 2.85. The summed E-state index contributed by atoms with van der Waals surface area (Å²) in [5.74, 6) is -1.27. The number of hydrogen-bond acceptors (Lipinski definition) is 5. The smallest absolute Gasteiger partial charge is 0.345 e. The van der Waals surface area contributed by atoms with Crippen LogP contribution in [0.1, 0.15) is 49.3 Å². The van der Waals surface area contributed by atoms with E-state index < -0.39 is 29.7 Å². The van der Waals surface area contributed by atoms with Gasteiger partial charge in [-0.1, -0.05) is 17.7 Å². The molecule has 0 spiro atoms. The predicted octanol–water partition coefficient (Wildman–Crippen LogP) is 3.14. The molecule has 126 valence electrons. The first kappa shape index (κ1) is 17.6. The van der Waals surface area contributed by atoms with E-state index in [9.17, 15) is 9.59 Å². The molecule has 0 radical (unpaired) electrons. The first-order chi connectivity index (χ1) is 10.6. The van der Waals surface area contributed by atoms with E-state index in [2.05, 4.69) is 0 Å². The van der Waals surface area contributed by atoms with E-state index >= 15 is 0 Å². The van der Waals surface area contributed by atoms with Crippen molar-refractivity contribution in [3.8, 4) is 0 Å². The van der Waals surface area contributed by atoms with Gasteiger partial charge in [0, 0.05) is 5.56 Å². The number of carbonyl (C=O) groups excluding carboxylic acids is 2. The first-order valence-corrected chi connectivity index (χ1v) is 7.70. The molecule has 1 aliphatic rings. The molecule has 0 N–H and O–H groups in total. The van der Waals surface area contributed by atoms with Crippen LogP contribution in [0.4, 0.5) is 0 Å². The maximum atomic E-state index is 12.1. The Morgan fingerprint density at radius 1 is 1.13 bits per heavy atom. The second kappa shape index (κ2) is 6.42. The lowest BCUT2D eigenvalue weighted by molar-refractivity contribution is -0.173. The van der Waals surface area contributed by atoms with Gasteiger partial charge in [0.15, 0.2) is 12.4 Å². The molecule has 5 heteroatoms. The molecule has 1 fully saturated rings. The minimum Gasteiger partial charge on any atom is -0.391 e. The van der Waals surface area contributed by atoms with Gasteiger partial charge in [-0.05, 0) is 52.7 Å². The molecule has 1 aliphatic heterocycles. The van der Waals surface area contributed by atoms with Crippen LogP contribution in [-0.2, 0) is 23.8 Å². The van der Waals surface area contributed by atoms with Crippen molar-refractivity contribution in [3.05, 3.63) is 34.4 Å². The molecular weight excluding hydrogens is 296 g/mol. The van der Waals surface area contributed by atoms with Crippen LogP contribution in [0.2, 0.25) is 0 Å². The fourth-order valence-electron chi connectivity index (χ4n) is 2.55. The third-order valence-corrected chi connectivity index (χ3v) is 3.73. The lowest BCUT2D eigenvalue weighted by Crippen LogP contribution is -2.32. The highest BCUT2D eigenvalue weighted by molar-refractivity contribution is 5.90. The Bertz CT molecular complexity index is 604. The van der Waals surface area contributed by atoms with Crippen LogP contribution in [0.5, 0.6) is 0 Å². The van der Waals surface area contributed by atoms with Crippen molar-refractivity contribution in [3.63, 3.8) is 0 Å². The van der Waals surface area contributed by atoms with Crippen molar-refractivity contribution in [2.45, 2.75) is 53.9 Å². The van der Waals surface area contributed by atoms with Crippen LogP contribution in [0.25, 0.3) is 0 Å². The molecule has 0 aromatic heterocycles.